The summed E-state index contributed by atoms with van der Waals surface area (Å²) in [5.41, 5.74) is 4.94. The summed E-state index contributed by atoms with van der Waals surface area (Å²) in [5, 5.41) is 10.1. The Hall–Kier alpha value is -3.91. The molecule has 0 fully saturated rings. The van der Waals surface area contributed by atoms with Gasteiger partial charge < -0.3 is 19.5 Å². The standard InChI is InChI=1S/C28H27N3O4S/c1-33-23-6-3-18(4-7-23)17-36-27-13-19(22-14-29-30-15-22)5-9-25(27)31-28(32)21-11-20-12-24(34-2)8-10-26(20)35-16-21/h3-10,12-15,21H,11,16-17H2,1-2H3,(H,29,30)(H,31,32). The molecule has 0 radical (unpaired) electrons. The molecule has 3 aromatic carbocycles. The van der Waals surface area contributed by atoms with E-state index in [4.69, 9.17) is 14.2 Å². The number of anilines is 1. The third-order valence-corrected chi connectivity index (χ3v) is 7.30. The van der Waals surface area contributed by atoms with E-state index < -0.39 is 0 Å². The first-order chi connectivity index (χ1) is 17.6. The summed E-state index contributed by atoms with van der Waals surface area (Å²) in [6, 6.07) is 19.7. The van der Waals surface area contributed by atoms with Crippen LogP contribution in [-0.2, 0) is 17.0 Å². The second-order valence-corrected chi connectivity index (χ2v) is 9.53. The number of thioether (sulfide) groups is 1. The van der Waals surface area contributed by atoms with E-state index in [0.29, 0.717) is 13.0 Å². The average Bonchev–Trinajstić information content (AvgIpc) is 3.47. The van der Waals surface area contributed by atoms with Crippen molar-refractivity contribution in [2.24, 2.45) is 5.92 Å². The normalized spacial score (nSPS) is 14.4. The Labute approximate surface area is 214 Å². The van der Waals surface area contributed by atoms with Gasteiger partial charge in [-0.05, 0) is 65.6 Å². The summed E-state index contributed by atoms with van der Waals surface area (Å²) < 4.78 is 16.5. The van der Waals surface area contributed by atoms with E-state index in [-0.39, 0.29) is 11.8 Å². The van der Waals surface area contributed by atoms with E-state index in [0.717, 1.165) is 55.8 Å². The number of rotatable bonds is 8. The van der Waals surface area contributed by atoms with Gasteiger partial charge in [-0.15, -0.1) is 11.8 Å². The van der Waals surface area contributed by atoms with Gasteiger partial charge in [0.25, 0.3) is 0 Å². The second kappa shape index (κ2) is 10.8. The number of aromatic amines is 1. The lowest BCUT2D eigenvalue weighted by molar-refractivity contribution is -0.121. The van der Waals surface area contributed by atoms with Crippen molar-refractivity contribution < 1.29 is 19.0 Å². The average molecular weight is 502 g/mol. The van der Waals surface area contributed by atoms with Gasteiger partial charge in [0.2, 0.25) is 5.91 Å². The minimum Gasteiger partial charge on any atom is -0.497 e. The zero-order valence-corrected chi connectivity index (χ0v) is 20.9. The fourth-order valence-corrected chi connectivity index (χ4v) is 5.12. The lowest BCUT2D eigenvalue weighted by Crippen LogP contribution is -2.32. The largest absolute Gasteiger partial charge is 0.497 e. The Kier molecular flexibility index (Phi) is 7.13. The van der Waals surface area contributed by atoms with Crippen molar-refractivity contribution in [3.63, 3.8) is 0 Å². The van der Waals surface area contributed by atoms with Gasteiger partial charge in [-0.3, -0.25) is 9.89 Å². The molecule has 5 rings (SSSR count). The molecule has 7 nitrogen and oxygen atoms in total. The maximum atomic E-state index is 13.3. The van der Waals surface area contributed by atoms with Gasteiger partial charge in [-0.25, -0.2) is 0 Å². The van der Waals surface area contributed by atoms with Gasteiger partial charge in [-0.1, -0.05) is 18.2 Å². The highest BCUT2D eigenvalue weighted by atomic mass is 32.2. The Morgan fingerprint density at radius 1 is 1.06 bits per heavy atom. The van der Waals surface area contributed by atoms with Crippen molar-refractivity contribution in [3.8, 4) is 28.4 Å². The summed E-state index contributed by atoms with van der Waals surface area (Å²) in [5.74, 6) is 2.78. The van der Waals surface area contributed by atoms with E-state index in [2.05, 4.69) is 33.7 Å². The molecule has 2 heterocycles. The van der Waals surface area contributed by atoms with Crippen LogP contribution in [0.1, 0.15) is 11.1 Å². The van der Waals surface area contributed by atoms with Crippen LogP contribution in [0.15, 0.2) is 78.0 Å². The number of carbonyl (C=O) groups is 1. The van der Waals surface area contributed by atoms with E-state index in [1.54, 1.807) is 32.2 Å². The van der Waals surface area contributed by atoms with Crippen LogP contribution in [0, 0.1) is 5.92 Å². The number of amides is 1. The number of hydrogen-bond acceptors (Lipinski definition) is 6. The van der Waals surface area contributed by atoms with E-state index in [9.17, 15) is 4.79 Å². The predicted octanol–water partition coefficient (Wildman–Crippen LogP) is 5.58. The highest BCUT2D eigenvalue weighted by Crippen LogP contribution is 2.36. The fraction of sp³-hybridized carbons (Fsp3) is 0.214. The number of hydrogen-bond donors (Lipinski definition) is 2. The van der Waals surface area contributed by atoms with Gasteiger partial charge >= 0.3 is 0 Å². The molecule has 4 aromatic rings. The first kappa shape index (κ1) is 23.8. The minimum atomic E-state index is -0.294. The minimum absolute atomic E-state index is 0.0640. The fourth-order valence-electron chi connectivity index (χ4n) is 4.12. The van der Waals surface area contributed by atoms with Crippen LogP contribution in [0.2, 0.25) is 0 Å². The molecular formula is C28H27N3O4S. The monoisotopic (exact) mass is 501 g/mol. The number of methoxy groups -OCH3 is 2. The van der Waals surface area contributed by atoms with Crippen molar-refractivity contribution >= 4 is 23.4 Å². The highest BCUT2D eigenvalue weighted by Gasteiger charge is 2.27. The molecule has 1 unspecified atom stereocenters. The van der Waals surface area contributed by atoms with Crippen LogP contribution < -0.4 is 19.5 Å². The number of benzene rings is 3. The Balaban J connectivity index is 1.35. The third-order valence-electron chi connectivity index (χ3n) is 6.17. The van der Waals surface area contributed by atoms with Crippen LogP contribution in [0.5, 0.6) is 17.2 Å². The first-order valence-corrected chi connectivity index (χ1v) is 12.6. The number of carbonyl (C=O) groups excluding carboxylic acids is 1. The molecule has 1 atom stereocenters. The molecule has 2 N–H and O–H groups in total. The number of H-pyrrole nitrogens is 1. The Morgan fingerprint density at radius 3 is 2.61 bits per heavy atom. The number of aromatic nitrogens is 2. The first-order valence-electron chi connectivity index (χ1n) is 11.6. The molecule has 0 aliphatic carbocycles. The predicted molar refractivity (Wildman–Crippen MR) is 141 cm³/mol. The number of nitrogens with one attached hydrogen (secondary N) is 2. The smallest absolute Gasteiger partial charge is 0.231 e. The number of fused-ring (bicyclic) bond motifs is 1. The zero-order chi connectivity index (χ0) is 24.9. The maximum absolute atomic E-state index is 13.3. The Bertz CT molecular complexity index is 1340. The van der Waals surface area contributed by atoms with E-state index in [1.165, 1.54) is 0 Å². The van der Waals surface area contributed by atoms with Crippen molar-refractivity contribution in [2.45, 2.75) is 17.1 Å². The second-order valence-electron chi connectivity index (χ2n) is 8.51. The summed E-state index contributed by atoms with van der Waals surface area (Å²) in [7, 11) is 3.29. The van der Waals surface area contributed by atoms with Crippen LogP contribution >= 0.6 is 11.8 Å². The highest BCUT2D eigenvalue weighted by molar-refractivity contribution is 7.98. The lowest BCUT2D eigenvalue weighted by Gasteiger charge is -2.25. The molecule has 1 amide bonds. The van der Waals surface area contributed by atoms with Crippen molar-refractivity contribution in [3.05, 3.63) is 84.2 Å². The summed E-state index contributed by atoms with van der Waals surface area (Å²) >= 11 is 1.67. The van der Waals surface area contributed by atoms with Gasteiger partial charge in [0.05, 0.1) is 32.0 Å². The van der Waals surface area contributed by atoms with Crippen LogP contribution in [0.4, 0.5) is 5.69 Å². The van der Waals surface area contributed by atoms with E-state index >= 15 is 0 Å². The van der Waals surface area contributed by atoms with Gasteiger partial charge in [0, 0.05) is 22.4 Å². The molecule has 0 bridgehead atoms. The number of nitrogens with zero attached hydrogens (tertiary/aromatic N) is 1. The third kappa shape index (κ3) is 5.33. The topological polar surface area (TPSA) is 85.5 Å². The molecule has 8 heteroatoms. The molecule has 0 saturated carbocycles. The SMILES string of the molecule is COc1ccc(CSc2cc(-c3cn[nH]c3)ccc2NC(=O)C2COc3ccc(OC)cc3C2)cc1. The van der Waals surface area contributed by atoms with Gasteiger partial charge in [-0.2, -0.15) is 5.10 Å². The molecule has 0 spiro atoms. The van der Waals surface area contributed by atoms with E-state index in [1.807, 2.05) is 48.7 Å². The molecular weight excluding hydrogens is 474 g/mol. The van der Waals surface area contributed by atoms with Crippen molar-refractivity contribution in [2.75, 3.05) is 26.1 Å². The quantitative estimate of drug-likeness (QED) is 0.307. The summed E-state index contributed by atoms with van der Waals surface area (Å²) in [4.78, 5) is 14.3. The zero-order valence-electron chi connectivity index (χ0n) is 20.1. The molecule has 0 saturated heterocycles. The summed E-state index contributed by atoms with van der Waals surface area (Å²) in [6.07, 6.45) is 4.24. The van der Waals surface area contributed by atoms with Gasteiger partial charge in [0.1, 0.15) is 23.9 Å². The molecule has 1 aromatic heterocycles. The number of ether oxygens (including phenoxy) is 3. The van der Waals surface area contributed by atoms with Crippen LogP contribution in [0.25, 0.3) is 11.1 Å². The van der Waals surface area contributed by atoms with Crippen molar-refractivity contribution in [1.82, 2.24) is 10.2 Å². The maximum Gasteiger partial charge on any atom is 0.231 e. The van der Waals surface area contributed by atoms with Crippen LogP contribution in [0.3, 0.4) is 0 Å². The molecule has 1 aliphatic rings. The Morgan fingerprint density at radius 2 is 1.86 bits per heavy atom. The van der Waals surface area contributed by atoms with Crippen molar-refractivity contribution in [1.29, 1.82) is 0 Å². The molecule has 184 valence electrons. The van der Waals surface area contributed by atoms with Gasteiger partial charge in [0.15, 0.2) is 0 Å². The molecule has 1 aliphatic heterocycles. The molecule has 36 heavy (non-hydrogen) atoms. The summed E-state index contributed by atoms with van der Waals surface area (Å²) in [6.45, 7) is 0.340. The van der Waals surface area contributed by atoms with Crippen LogP contribution in [-0.4, -0.2) is 36.9 Å². The lowest BCUT2D eigenvalue weighted by atomic mass is 9.95.